The van der Waals surface area contributed by atoms with E-state index in [1.165, 1.54) is 12.1 Å². The quantitative estimate of drug-likeness (QED) is 0.786. The molecule has 2 rings (SSSR count). The first-order valence-electron chi connectivity index (χ1n) is 5.67. The molecule has 0 heterocycles. The molecule has 0 unspecified atom stereocenters. The van der Waals surface area contributed by atoms with E-state index < -0.39 is 5.91 Å². The lowest BCUT2D eigenvalue weighted by atomic mass is 10.1. The number of amides is 1. The van der Waals surface area contributed by atoms with E-state index in [1.807, 2.05) is 0 Å². The van der Waals surface area contributed by atoms with Crippen molar-refractivity contribution in [1.29, 1.82) is 0 Å². The van der Waals surface area contributed by atoms with Gasteiger partial charge in [-0.2, -0.15) is 0 Å². The fraction of sp³-hybridized carbons (Fsp3) is 0.0714. The third-order valence-electron chi connectivity index (χ3n) is 2.66. The molecule has 104 valence electrons. The summed E-state index contributed by atoms with van der Waals surface area (Å²) >= 11 is 12.0. The van der Waals surface area contributed by atoms with E-state index in [-0.39, 0.29) is 17.1 Å². The summed E-state index contributed by atoms with van der Waals surface area (Å²) in [5.41, 5.74) is 1.26. The molecule has 0 atom stereocenters. The minimum absolute atomic E-state index is 0.107. The molecule has 0 aromatic heterocycles. The average molecular weight is 312 g/mol. The van der Waals surface area contributed by atoms with Gasteiger partial charge in [-0.25, -0.2) is 0 Å². The zero-order valence-electron chi connectivity index (χ0n) is 10.4. The molecule has 0 radical (unpaired) electrons. The maximum Gasteiger partial charge on any atom is 0.255 e. The highest BCUT2D eigenvalue weighted by Gasteiger charge is 2.12. The van der Waals surface area contributed by atoms with Gasteiger partial charge in [-0.3, -0.25) is 4.79 Å². The van der Waals surface area contributed by atoms with Crippen LogP contribution in [0.15, 0.2) is 30.3 Å². The second kappa shape index (κ2) is 5.61. The minimum atomic E-state index is -0.516. The summed E-state index contributed by atoms with van der Waals surface area (Å²) < 4.78 is 0. The smallest absolute Gasteiger partial charge is 0.255 e. The third-order valence-corrected chi connectivity index (χ3v) is 3.38. The fourth-order valence-electron chi connectivity index (χ4n) is 1.66. The maximum absolute atomic E-state index is 12.0. The van der Waals surface area contributed by atoms with Crippen LogP contribution in [0.2, 0.25) is 10.0 Å². The number of rotatable bonds is 2. The van der Waals surface area contributed by atoms with E-state index in [0.717, 1.165) is 11.6 Å². The second-order valence-electron chi connectivity index (χ2n) is 4.27. The van der Waals surface area contributed by atoms with Crippen LogP contribution in [-0.4, -0.2) is 16.1 Å². The van der Waals surface area contributed by atoms with Crippen LogP contribution in [0.25, 0.3) is 0 Å². The predicted octanol–water partition coefficient (Wildman–Crippen LogP) is 3.97. The van der Waals surface area contributed by atoms with E-state index in [4.69, 9.17) is 23.2 Å². The van der Waals surface area contributed by atoms with E-state index in [2.05, 4.69) is 5.32 Å². The molecule has 4 nitrogen and oxygen atoms in total. The summed E-state index contributed by atoms with van der Waals surface area (Å²) in [4.78, 5) is 12.0. The summed E-state index contributed by atoms with van der Waals surface area (Å²) in [5.74, 6) is -0.926. The van der Waals surface area contributed by atoms with E-state index in [9.17, 15) is 15.0 Å². The van der Waals surface area contributed by atoms with Gasteiger partial charge in [0.2, 0.25) is 0 Å². The maximum atomic E-state index is 12.0. The molecular formula is C14H11Cl2NO3. The van der Waals surface area contributed by atoms with E-state index >= 15 is 0 Å². The van der Waals surface area contributed by atoms with Gasteiger partial charge in [0.25, 0.3) is 5.91 Å². The number of hydrogen-bond donors (Lipinski definition) is 3. The first-order valence-corrected chi connectivity index (χ1v) is 6.42. The molecule has 2 aromatic rings. The first-order chi connectivity index (χ1) is 9.36. The highest BCUT2D eigenvalue weighted by molar-refractivity contribution is 6.36. The monoisotopic (exact) mass is 311 g/mol. The van der Waals surface area contributed by atoms with Crippen molar-refractivity contribution in [1.82, 2.24) is 0 Å². The SMILES string of the molecule is Cc1cc(Cl)c(NC(=O)c2cc(O)cc(O)c2)cc1Cl. The number of halogens is 2. The molecule has 0 aliphatic carbocycles. The van der Waals surface area contributed by atoms with Gasteiger partial charge >= 0.3 is 0 Å². The normalized spacial score (nSPS) is 10.3. The lowest BCUT2D eigenvalue weighted by Crippen LogP contribution is -2.12. The predicted molar refractivity (Wildman–Crippen MR) is 78.9 cm³/mol. The van der Waals surface area contributed by atoms with Gasteiger partial charge < -0.3 is 15.5 Å². The lowest BCUT2D eigenvalue weighted by Gasteiger charge is -2.10. The van der Waals surface area contributed by atoms with Crippen molar-refractivity contribution in [2.24, 2.45) is 0 Å². The molecule has 0 bridgehead atoms. The molecule has 6 heteroatoms. The van der Waals surface area contributed by atoms with Crippen LogP contribution in [0.1, 0.15) is 15.9 Å². The van der Waals surface area contributed by atoms with Crippen molar-refractivity contribution in [2.45, 2.75) is 6.92 Å². The van der Waals surface area contributed by atoms with Crippen molar-refractivity contribution in [3.63, 3.8) is 0 Å². The number of nitrogens with one attached hydrogen (secondary N) is 1. The summed E-state index contributed by atoms with van der Waals surface area (Å²) in [7, 11) is 0. The van der Waals surface area contributed by atoms with Gasteiger partial charge in [-0.15, -0.1) is 0 Å². The Morgan fingerprint density at radius 3 is 2.20 bits per heavy atom. The Hall–Kier alpha value is -1.91. The molecule has 0 saturated carbocycles. The van der Waals surface area contributed by atoms with Crippen LogP contribution in [0.4, 0.5) is 5.69 Å². The zero-order chi connectivity index (χ0) is 14.9. The summed E-state index contributed by atoms with van der Waals surface area (Å²) in [6.45, 7) is 1.80. The number of aryl methyl sites for hydroxylation is 1. The number of carbonyl (C=O) groups excluding carboxylic acids is 1. The Balaban J connectivity index is 2.30. The first kappa shape index (κ1) is 14.5. The average Bonchev–Trinajstić information content (AvgIpc) is 2.34. The molecule has 0 aliphatic heterocycles. The van der Waals surface area contributed by atoms with Crippen molar-refractivity contribution >= 4 is 34.8 Å². The number of anilines is 1. The van der Waals surface area contributed by atoms with Gasteiger partial charge in [0.05, 0.1) is 10.7 Å². The third kappa shape index (κ3) is 3.15. The van der Waals surface area contributed by atoms with Gasteiger partial charge in [0.1, 0.15) is 11.5 Å². The van der Waals surface area contributed by atoms with Crippen molar-refractivity contribution < 1.29 is 15.0 Å². The number of carbonyl (C=O) groups is 1. The number of benzene rings is 2. The second-order valence-corrected chi connectivity index (χ2v) is 5.09. The fourth-order valence-corrected chi connectivity index (χ4v) is 2.09. The van der Waals surface area contributed by atoms with E-state index in [1.54, 1.807) is 19.1 Å². The van der Waals surface area contributed by atoms with Crippen molar-refractivity contribution in [3.8, 4) is 11.5 Å². The van der Waals surface area contributed by atoms with Crippen molar-refractivity contribution in [2.75, 3.05) is 5.32 Å². The standard InChI is InChI=1S/C14H11Cl2NO3/c1-7-2-12(16)13(6-11(7)15)17-14(20)8-3-9(18)5-10(19)4-8/h2-6,18-19H,1H3,(H,17,20). The Morgan fingerprint density at radius 1 is 1.00 bits per heavy atom. The van der Waals surface area contributed by atoms with Crippen LogP contribution in [0.3, 0.4) is 0 Å². The molecule has 1 amide bonds. The Kier molecular flexibility index (Phi) is 4.06. The Morgan fingerprint density at radius 2 is 1.60 bits per heavy atom. The number of aromatic hydroxyl groups is 2. The molecule has 2 aromatic carbocycles. The molecule has 20 heavy (non-hydrogen) atoms. The van der Waals surface area contributed by atoms with Gasteiger partial charge in [-0.05, 0) is 36.8 Å². The Bertz CT molecular complexity index is 666. The highest BCUT2D eigenvalue weighted by atomic mass is 35.5. The molecular weight excluding hydrogens is 301 g/mol. The lowest BCUT2D eigenvalue weighted by molar-refractivity contribution is 0.102. The van der Waals surface area contributed by atoms with Crippen LogP contribution in [0.5, 0.6) is 11.5 Å². The van der Waals surface area contributed by atoms with Gasteiger partial charge in [0.15, 0.2) is 0 Å². The van der Waals surface area contributed by atoms with Gasteiger partial charge in [-0.1, -0.05) is 23.2 Å². The van der Waals surface area contributed by atoms with Crippen molar-refractivity contribution in [3.05, 3.63) is 51.5 Å². The van der Waals surface area contributed by atoms with Crippen LogP contribution >= 0.6 is 23.2 Å². The summed E-state index contributed by atoms with van der Waals surface area (Å²) in [6, 6.07) is 6.78. The molecule has 0 aliphatic rings. The molecule has 0 saturated heterocycles. The summed E-state index contributed by atoms with van der Waals surface area (Å²) in [6.07, 6.45) is 0. The minimum Gasteiger partial charge on any atom is -0.508 e. The van der Waals surface area contributed by atoms with Crippen LogP contribution in [0, 0.1) is 6.92 Å². The van der Waals surface area contributed by atoms with Crippen LogP contribution < -0.4 is 5.32 Å². The topological polar surface area (TPSA) is 69.6 Å². The molecule has 3 N–H and O–H groups in total. The molecule has 0 fully saturated rings. The molecule has 0 spiro atoms. The zero-order valence-corrected chi connectivity index (χ0v) is 12.0. The van der Waals surface area contributed by atoms with Gasteiger partial charge in [0, 0.05) is 16.7 Å². The number of phenols is 2. The number of phenolic OH excluding ortho intramolecular Hbond substituents is 2. The highest BCUT2D eigenvalue weighted by Crippen LogP contribution is 2.29. The largest absolute Gasteiger partial charge is 0.508 e. The Labute approximate surface area is 125 Å². The van der Waals surface area contributed by atoms with Crippen LogP contribution in [-0.2, 0) is 0 Å². The van der Waals surface area contributed by atoms with E-state index in [0.29, 0.717) is 15.7 Å². The summed E-state index contributed by atoms with van der Waals surface area (Å²) in [5, 5.41) is 22.1. The number of hydrogen-bond acceptors (Lipinski definition) is 3.